The van der Waals surface area contributed by atoms with E-state index in [1.54, 1.807) is 0 Å². The third kappa shape index (κ3) is 3.53. The highest BCUT2D eigenvalue weighted by molar-refractivity contribution is 5.80. The maximum absolute atomic E-state index is 12.0. The number of likely N-dealkylation sites (N-methyl/N-ethyl adjacent to an activating group) is 1. The number of esters is 1. The minimum atomic E-state index is -0.599. The van der Waals surface area contributed by atoms with Crippen LogP contribution in [0.4, 0.5) is 0 Å². The Hall–Kier alpha value is -0.610. The molecule has 4 nitrogen and oxygen atoms in total. The molecule has 0 saturated carbocycles. The van der Waals surface area contributed by atoms with Gasteiger partial charge in [0.25, 0.3) is 0 Å². The van der Waals surface area contributed by atoms with Gasteiger partial charge in [0.2, 0.25) is 0 Å². The Bertz CT molecular complexity index is 328. The minimum Gasteiger partial charge on any atom is -0.468 e. The molecule has 1 rings (SSSR count). The summed E-state index contributed by atoms with van der Waals surface area (Å²) in [4.78, 5) is 14.5. The molecule has 0 radical (unpaired) electrons. The van der Waals surface area contributed by atoms with Gasteiger partial charge in [-0.1, -0.05) is 13.8 Å². The van der Waals surface area contributed by atoms with E-state index in [2.05, 4.69) is 31.0 Å². The normalized spacial score (nSPS) is 23.3. The lowest BCUT2D eigenvalue weighted by molar-refractivity contribution is -0.148. The van der Waals surface area contributed by atoms with Crippen LogP contribution in [0.25, 0.3) is 0 Å². The van der Waals surface area contributed by atoms with Crippen molar-refractivity contribution in [3.8, 4) is 0 Å². The summed E-state index contributed by atoms with van der Waals surface area (Å²) < 4.78 is 4.93. The van der Waals surface area contributed by atoms with Gasteiger partial charge in [-0.25, -0.2) is 0 Å². The van der Waals surface area contributed by atoms with Gasteiger partial charge in [-0.2, -0.15) is 0 Å². The van der Waals surface area contributed by atoms with E-state index in [1.807, 2.05) is 14.0 Å². The fourth-order valence-corrected chi connectivity index (χ4v) is 3.41. The van der Waals surface area contributed by atoms with Crippen LogP contribution in [0.5, 0.6) is 0 Å². The lowest BCUT2D eigenvalue weighted by Gasteiger charge is -2.34. The molecule has 1 fully saturated rings. The van der Waals surface area contributed by atoms with Crippen molar-refractivity contribution in [1.82, 2.24) is 10.2 Å². The second-order valence-electron chi connectivity index (χ2n) is 6.55. The van der Waals surface area contributed by atoms with E-state index in [0.29, 0.717) is 11.5 Å². The van der Waals surface area contributed by atoms with Gasteiger partial charge < -0.3 is 15.0 Å². The summed E-state index contributed by atoms with van der Waals surface area (Å²) in [6.45, 7) is 11.0. The molecule has 0 aromatic heterocycles. The molecule has 0 spiro atoms. The SMILES string of the molecule is CCC1(CC)CCN(C(C)CC(C)(NC)C(=O)OC)C1. The van der Waals surface area contributed by atoms with Crippen LogP contribution >= 0.6 is 0 Å². The molecule has 0 amide bonds. The molecule has 1 aliphatic rings. The first kappa shape index (κ1) is 17.4. The van der Waals surface area contributed by atoms with Crippen molar-refractivity contribution in [2.75, 3.05) is 27.2 Å². The van der Waals surface area contributed by atoms with Crippen molar-refractivity contribution in [1.29, 1.82) is 0 Å². The number of ether oxygens (including phenoxy) is 1. The molecule has 1 saturated heterocycles. The maximum Gasteiger partial charge on any atom is 0.325 e. The van der Waals surface area contributed by atoms with Crippen molar-refractivity contribution in [2.45, 2.75) is 65.0 Å². The second kappa shape index (κ2) is 6.90. The van der Waals surface area contributed by atoms with E-state index < -0.39 is 5.54 Å². The third-order valence-corrected chi connectivity index (χ3v) is 5.48. The van der Waals surface area contributed by atoms with Crippen molar-refractivity contribution >= 4 is 5.97 Å². The highest BCUT2D eigenvalue weighted by Crippen LogP contribution is 2.38. The second-order valence-corrected chi connectivity index (χ2v) is 6.55. The van der Waals surface area contributed by atoms with E-state index in [4.69, 9.17) is 4.74 Å². The van der Waals surface area contributed by atoms with Gasteiger partial charge in [-0.15, -0.1) is 0 Å². The van der Waals surface area contributed by atoms with Crippen molar-refractivity contribution in [2.24, 2.45) is 5.41 Å². The zero-order chi connectivity index (χ0) is 15.4. The lowest BCUT2D eigenvalue weighted by atomic mass is 9.82. The quantitative estimate of drug-likeness (QED) is 0.729. The van der Waals surface area contributed by atoms with E-state index >= 15 is 0 Å². The number of hydrogen-bond acceptors (Lipinski definition) is 4. The van der Waals surface area contributed by atoms with Crippen LogP contribution in [-0.2, 0) is 9.53 Å². The molecule has 0 bridgehead atoms. The van der Waals surface area contributed by atoms with Crippen LogP contribution in [0.2, 0.25) is 0 Å². The molecule has 1 aliphatic heterocycles. The number of carbonyl (C=O) groups excluding carboxylic acids is 1. The lowest BCUT2D eigenvalue weighted by Crippen LogP contribution is -2.52. The highest BCUT2D eigenvalue weighted by atomic mass is 16.5. The monoisotopic (exact) mass is 284 g/mol. The summed E-state index contributed by atoms with van der Waals surface area (Å²) in [6, 6.07) is 0.381. The Morgan fingerprint density at radius 2 is 2.05 bits per heavy atom. The van der Waals surface area contributed by atoms with Gasteiger partial charge in [0, 0.05) is 12.6 Å². The summed E-state index contributed by atoms with van der Waals surface area (Å²) in [5, 5.41) is 3.13. The Kier molecular flexibility index (Phi) is 6.02. The molecule has 118 valence electrons. The molecule has 0 aromatic rings. The van der Waals surface area contributed by atoms with Gasteiger partial charge in [-0.05, 0) is 58.5 Å². The van der Waals surface area contributed by atoms with E-state index in [-0.39, 0.29) is 5.97 Å². The summed E-state index contributed by atoms with van der Waals surface area (Å²) in [5.41, 5.74) is -0.118. The maximum atomic E-state index is 12.0. The van der Waals surface area contributed by atoms with Crippen LogP contribution in [0.3, 0.4) is 0 Å². The van der Waals surface area contributed by atoms with Gasteiger partial charge >= 0.3 is 5.97 Å². The molecule has 2 atom stereocenters. The Balaban J connectivity index is 2.68. The van der Waals surface area contributed by atoms with E-state index in [9.17, 15) is 4.79 Å². The van der Waals surface area contributed by atoms with Gasteiger partial charge in [-0.3, -0.25) is 4.79 Å². The smallest absolute Gasteiger partial charge is 0.325 e. The third-order valence-electron chi connectivity index (χ3n) is 5.48. The van der Waals surface area contributed by atoms with Crippen molar-refractivity contribution in [3.63, 3.8) is 0 Å². The summed E-state index contributed by atoms with van der Waals surface area (Å²) >= 11 is 0. The number of nitrogens with one attached hydrogen (secondary N) is 1. The molecule has 4 heteroatoms. The number of likely N-dealkylation sites (tertiary alicyclic amines) is 1. The Labute approximate surface area is 124 Å². The number of nitrogens with zero attached hydrogens (tertiary/aromatic N) is 1. The van der Waals surface area contributed by atoms with E-state index in [0.717, 1.165) is 19.5 Å². The average molecular weight is 284 g/mol. The summed E-state index contributed by atoms with van der Waals surface area (Å²) in [7, 11) is 3.29. The molecule has 0 aliphatic carbocycles. The molecule has 20 heavy (non-hydrogen) atoms. The van der Waals surface area contributed by atoms with Crippen molar-refractivity contribution < 1.29 is 9.53 Å². The van der Waals surface area contributed by atoms with Gasteiger partial charge in [0.15, 0.2) is 0 Å². The number of rotatable bonds is 7. The molecular formula is C16H32N2O2. The van der Waals surface area contributed by atoms with Crippen LogP contribution in [0, 0.1) is 5.41 Å². The predicted molar refractivity (Wildman–Crippen MR) is 82.8 cm³/mol. The number of hydrogen-bond donors (Lipinski definition) is 1. The van der Waals surface area contributed by atoms with Crippen LogP contribution in [0.1, 0.15) is 53.4 Å². The first-order valence-electron chi connectivity index (χ1n) is 7.87. The van der Waals surface area contributed by atoms with Gasteiger partial charge in [0.05, 0.1) is 7.11 Å². The summed E-state index contributed by atoms with van der Waals surface area (Å²) in [6.07, 6.45) is 4.54. The number of methoxy groups -OCH3 is 1. The number of carbonyl (C=O) groups is 1. The van der Waals surface area contributed by atoms with Crippen LogP contribution < -0.4 is 5.32 Å². The molecule has 2 unspecified atom stereocenters. The first-order valence-corrected chi connectivity index (χ1v) is 7.87. The Morgan fingerprint density at radius 3 is 2.45 bits per heavy atom. The zero-order valence-corrected chi connectivity index (χ0v) is 14.1. The molecule has 1 heterocycles. The highest BCUT2D eigenvalue weighted by Gasteiger charge is 2.40. The van der Waals surface area contributed by atoms with Crippen LogP contribution in [0.15, 0.2) is 0 Å². The first-order chi connectivity index (χ1) is 9.36. The average Bonchev–Trinajstić information content (AvgIpc) is 2.91. The zero-order valence-electron chi connectivity index (χ0n) is 14.1. The molecule has 0 aromatic carbocycles. The van der Waals surface area contributed by atoms with Crippen LogP contribution in [-0.4, -0.2) is 49.7 Å². The van der Waals surface area contributed by atoms with Crippen molar-refractivity contribution in [3.05, 3.63) is 0 Å². The largest absolute Gasteiger partial charge is 0.468 e. The fraction of sp³-hybridized carbons (Fsp3) is 0.938. The summed E-state index contributed by atoms with van der Waals surface area (Å²) in [5.74, 6) is -0.178. The fourth-order valence-electron chi connectivity index (χ4n) is 3.41. The molecule has 1 N–H and O–H groups in total. The van der Waals surface area contributed by atoms with E-state index in [1.165, 1.54) is 26.4 Å². The minimum absolute atomic E-state index is 0.178. The Morgan fingerprint density at radius 1 is 1.45 bits per heavy atom. The van der Waals surface area contributed by atoms with Gasteiger partial charge in [0.1, 0.15) is 5.54 Å². The predicted octanol–water partition coefficient (Wildman–Crippen LogP) is 2.43. The standard InChI is InChI=1S/C16H32N2O2/c1-7-16(8-2)9-10-18(12-16)13(3)11-15(4,17-5)14(19)20-6/h13,17H,7-12H2,1-6H3. The topological polar surface area (TPSA) is 41.6 Å². The molecular weight excluding hydrogens is 252 g/mol.